The third-order valence-electron chi connectivity index (χ3n) is 3.26. The quantitative estimate of drug-likeness (QED) is 0.829. The second-order valence-electron chi connectivity index (χ2n) is 4.34. The lowest BCUT2D eigenvalue weighted by atomic mass is 10.1. The van der Waals surface area contributed by atoms with E-state index >= 15 is 0 Å². The predicted octanol–water partition coefficient (Wildman–Crippen LogP) is 1.95. The van der Waals surface area contributed by atoms with Crippen LogP contribution in [0.4, 0.5) is 0 Å². The van der Waals surface area contributed by atoms with Crippen LogP contribution in [-0.2, 0) is 6.54 Å². The van der Waals surface area contributed by atoms with Gasteiger partial charge in [-0.15, -0.1) is 0 Å². The summed E-state index contributed by atoms with van der Waals surface area (Å²) in [5.41, 5.74) is 6.96. The Kier molecular flexibility index (Phi) is 3.97. The zero-order chi connectivity index (χ0) is 12.3. The van der Waals surface area contributed by atoms with E-state index in [2.05, 4.69) is 11.0 Å². The zero-order valence-corrected chi connectivity index (χ0v) is 10.9. The highest BCUT2D eigenvalue weighted by molar-refractivity contribution is 7.80. The Morgan fingerprint density at radius 3 is 3.00 bits per heavy atom. The number of nitrogens with zero attached hydrogens (tertiary/aromatic N) is 1. The summed E-state index contributed by atoms with van der Waals surface area (Å²) in [5, 5.41) is 0. The number of rotatable bonds is 4. The van der Waals surface area contributed by atoms with Gasteiger partial charge in [-0.05, 0) is 25.5 Å². The molecule has 1 heterocycles. The number of hydrogen-bond acceptors (Lipinski definition) is 3. The number of thiocarbonyl (C=S) groups is 1. The maximum atomic E-state index is 5.77. The number of nitrogens with two attached hydrogens (primary N) is 1. The maximum absolute atomic E-state index is 5.77. The van der Waals surface area contributed by atoms with E-state index in [1.54, 1.807) is 7.11 Å². The van der Waals surface area contributed by atoms with E-state index in [9.17, 15) is 0 Å². The van der Waals surface area contributed by atoms with E-state index in [1.807, 2.05) is 18.2 Å². The second-order valence-corrected chi connectivity index (χ2v) is 4.81. The summed E-state index contributed by atoms with van der Waals surface area (Å²) in [6, 6.07) is 8.34. The molecule has 2 rings (SSSR count). The molecule has 1 saturated heterocycles. The summed E-state index contributed by atoms with van der Waals surface area (Å²) in [5.74, 6) is 0.932. The van der Waals surface area contributed by atoms with Crippen molar-refractivity contribution in [3.63, 3.8) is 0 Å². The molecule has 1 aromatic rings. The number of hydrogen-bond donors (Lipinski definition) is 1. The Labute approximate surface area is 108 Å². The van der Waals surface area contributed by atoms with Gasteiger partial charge < -0.3 is 10.5 Å². The van der Waals surface area contributed by atoms with Gasteiger partial charge in [-0.2, -0.15) is 0 Å². The van der Waals surface area contributed by atoms with Gasteiger partial charge in [0.2, 0.25) is 0 Å². The van der Waals surface area contributed by atoms with E-state index in [4.69, 9.17) is 22.7 Å². The highest BCUT2D eigenvalue weighted by Crippen LogP contribution is 2.24. The molecule has 0 aliphatic carbocycles. The lowest BCUT2D eigenvalue weighted by molar-refractivity contribution is 0.288. The molecule has 17 heavy (non-hydrogen) atoms. The van der Waals surface area contributed by atoms with Gasteiger partial charge in [-0.25, -0.2) is 0 Å². The normalized spacial score (nSPS) is 20.4. The Hall–Kier alpha value is -1.13. The average molecular weight is 250 g/mol. The first-order valence-corrected chi connectivity index (χ1v) is 6.28. The topological polar surface area (TPSA) is 38.5 Å². The fourth-order valence-corrected chi connectivity index (χ4v) is 2.66. The first kappa shape index (κ1) is 12.3. The molecule has 4 heteroatoms. The fourth-order valence-electron chi connectivity index (χ4n) is 2.39. The van der Waals surface area contributed by atoms with Crippen LogP contribution in [0.25, 0.3) is 0 Å². The third kappa shape index (κ3) is 2.76. The second kappa shape index (κ2) is 5.47. The summed E-state index contributed by atoms with van der Waals surface area (Å²) in [6.45, 7) is 1.91. The largest absolute Gasteiger partial charge is 0.496 e. The number of benzene rings is 1. The zero-order valence-electron chi connectivity index (χ0n) is 10.1. The highest BCUT2D eigenvalue weighted by Gasteiger charge is 2.27. The lowest BCUT2D eigenvalue weighted by Gasteiger charge is -2.24. The molecule has 1 unspecified atom stereocenters. The van der Waals surface area contributed by atoms with Crippen molar-refractivity contribution in [2.45, 2.75) is 25.4 Å². The minimum atomic E-state index is 0.245. The Morgan fingerprint density at radius 2 is 2.29 bits per heavy atom. The van der Waals surface area contributed by atoms with E-state index in [-0.39, 0.29) is 6.04 Å². The van der Waals surface area contributed by atoms with Crippen LogP contribution in [0.15, 0.2) is 24.3 Å². The molecule has 0 amide bonds. The van der Waals surface area contributed by atoms with E-state index in [1.165, 1.54) is 5.56 Å². The minimum absolute atomic E-state index is 0.245. The number of likely N-dealkylation sites (tertiary alicyclic amines) is 1. The molecule has 0 radical (unpaired) electrons. The van der Waals surface area contributed by atoms with Crippen molar-refractivity contribution in [3.8, 4) is 5.75 Å². The van der Waals surface area contributed by atoms with Crippen LogP contribution in [0.5, 0.6) is 5.75 Å². The van der Waals surface area contributed by atoms with Crippen molar-refractivity contribution in [2.75, 3.05) is 13.7 Å². The molecule has 1 atom stereocenters. The van der Waals surface area contributed by atoms with Gasteiger partial charge in [-0.1, -0.05) is 30.4 Å². The van der Waals surface area contributed by atoms with Gasteiger partial charge >= 0.3 is 0 Å². The third-order valence-corrected chi connectivity index (χ3v) is 3.53. The summed E-state index contributed by atoms with van der Waals surface area (Å²) < 4.78 is 5.36. The standard InChI is InChI=1S/C13H18N2OS/c1-16-12-7-3-2-5-10(12)9-15-8-4-6-11(15)13(14)17/h2-3,5,7,11H,4,6,8-9H2,1H3,(H2,14,17). The molecule has 1 fully saturated rings. The molecule has 92 valence electrons. The smallest absolute Gasteiger partial charge is 0.123 e. The first-order valence-electron chi connectivity index (χ1n) is 5.87. The molecule has 0 aromatic heterocycles. The Balaban J connectivity index is 2.12. The van der Waals surface area contributed by atoms with Crippen LogP contribution >= 0.6 is 12.2 Å². The fraction of sp³-hybridized carbons (Fsp3) is 0.462. The van der Waals surface area contributed by atoms with Gasteiger partial charge in [0.05, 0.1) is 18.1 Å². The van der Waals surface area contributed by atoms with Gasteiger partial charge in [0.25, 0.3) is 0 Å². The summed E-state index contributed by atoms with van der Waals surface area (Å²) in [7, 11) is 1.70. The van der Waals surface area contributed by atoms with E-state index in [0.29, 0.717) is 4.99 Å². The number of para-hydroxylation sites is 1. The van der Waals surface area contributed by atoms with Gasteiger partial charge in [0, 0.05) is 12.1 Å². The summed E-state index contributed by atoms with van der Waals surface area (Å²) in [4.78, 5) is 2.94. The van der Waals surface area contributed by atoms with E-state index < -0.39 is 0 Å². The van der Waals surface area contributed by atoms with Crippen LogP contribution < -0.4 is 10.5 Å². The summed E-state index contributed by atoms with van der Waals surface area (Å²) >= 11 is 5.11. The molecule has 1 aromatic carbocycles. The SMILES string of the molecule is COc1ccccc1CN1CCCC1C(N)=S. The predicted molar refractivity (Wildman–Crippen MR) is 73.2 cm³/mol. The highest BCUT2D eigenvalue weighted by atomic mass is 32.1. The molecule has 2 N–H and O–H groups in total. The van der Waals surface area contributed by atoms with Crippen molar-refractivity contribution in [1.29, 1.82) is 0 Å². The lowest BCUT2D eigenvalue weighted by Crippen LogP contribution is -2.38. The van der Waals surface area contributed by atoms with Crippen molar-refractivity contribution in [2.24, 2.45) is 5.73 Å². The van der Waals surface area contributed by atoms with Crippen LogP contribution in [0.3, 0.4) is 0 Å². The van der Waals surface area contributed by atoms with Crippen LogP contribution in [0.1, 0.15) is 18.4 Å². The van der Waals surface area contributed by atoms with Crippen LogP contribution in [0, 0.1) is 0 Å². The maximum Gasteiger partial charge on any atom is 0.123 e. The van der Waals surface area contributed by atoms with Crippen molar-refractivity contribution in [3.05, 3.63) is 29.8 Å². The molecule has 0 bridgehead atoms. The Morgan fingerprint density at radius 1 is 1.53 bits per heavy atom. The summed E-state index contributed by atoms with van der Waals surface area (Å²) in [6.07, 6.45) is 2.24. The van der Waals surface area contributed by atoms with Gasteiger partial charge in [-0.3, -0.25) is 4.90 Å². The average Bonchev–Trinajstić information content (AvgIpc) is 2.78. The van der Waals surface area contributed by atoms with Gasteiger partial charge in [0.15, 0.2) is 0 Å². The first-order chi connectivity index (χ1) is 8.22. The number of ether oxygens (including phenoxy) is 1. The molecule has 0 spiro atoms. The Bertz CT molecular complexity index is 408. The monoisotopic (exact) mass is 250 g/mol. The van der Waals surface area contributed by atoms with Crippen molar-refractivity contribution in [1.82, 2.24) is 4.90 Å². The molecular weight excluding hydrogens is 232 g/mol. The minimum Gasteiger partial charge on any atom is -0.496 e. The van der Waals surface area contributed by atoms with E-state index in [0.717, 1.165) is 31.7 Å². The molecule has 3 nitrogen and oxygen atoms in total. The van der Waals surface area contributed by atoms with Crippen LogP contribution in [-0.4, -0.2) is 29.6 Å². The molecule has 0 saturated carbocycles. The van der Waals surface area contributed by atoms with Crippen LogP contribution in [0.2, 0.25) is 0 Å². The van der Waals surface area contributed by atoms with Crippen molar-refractivity contribution < 1.29 is 4.74 Å². The van der Waals surface area contributed by atoms with Crippen molar-refractivity contribution >= 4 is 17.2 Å². The number of methoxy groups -OCH3 is 1. The molecular formula is C13H18N2OS. The molecule has 1 aliphatic heterocycles. The molecule has 1 aliphatic rings. The van der Waals surface area contributed by atoms with Gasteiger partial charge in [0.1, 0.15) is 5.75 Å².